The lowest BCUT2D eigenvalue weighted by Crippen LogP contribution is -2.03. The van der Waals surface area contributed by atoms with Crippen LogP contribution >= 0.6 is 0 Å². The van der Waals surface area contributed by atoms with Gasteiger partial charge in [0.05, 0.1) is 30.5 Å². The van der Waals surface area contributed by atoms with Crippen molar-refractivity contribution in [1.82, 2.24) is 4.98 Å². The predicted molar refractivity (Wildman–Crippen MR) is 101 cm³/mol. The number of aryl methyl sites for hydroxylation is 1. The first-order valence-electron chi connectivity index (χ1n) is 8.50. The Hall–Kier alpha value is -3.08. The molecule has 0 aliphatic carbocycles. The van der Waals surface area contributed by atoms with E-state index in [9.17, 15) is 9.90 Å². The van der Waals surface area contributed by atoms with Crippen LogP contribution in [0.2, 0.25) is 0 Å². The van der Waals surface area contributed by atoms with Gasteiger partial charge in [0.2, 0.25) is 0 Å². The Morgan fingerprint density at radius 1 is 1.19 bits per heavy atom. The van der Waals surface area contributed by atoms with E-state index >= 15 is 0 Å². The van der Waals surface area contributed by atoms with Crippen molar-refractivity contribution in [3.8, 4) is 22.8 Å². The molecule has 0 aliphatic heterocycles. The molecular weight excluding hydrogens is 330 g/mol. The van der Waals surface area contributed by atoms with Gasteiger partial charge in [0.25, 0.3) is 0 Å². The Labute approximate surface area is 152 Å². The first-order valence-corrected chi connectivity index (χ1v) is 8.50. The van der Waals surface area contributed by atoms with Crippen molar-refractivity contribution < 1.29 is 19.4 Å². The van der Waals surface area contributed by atoms with Crippen LogP contribution in [0, 0.1) is 6.92 Å². The number of aromatic nitrogens is 1. The fourth-order valence-electron chi connectivity index (χ4n) is 2.94. The zero-order valence-electron chi connectivity index (χ0n) is 15.1. The van der Waals surface area contributed by atoms with Crippen LogP contribution < -0.4 is 9.47 Å². The maximum atomic E-state index is 11.8. The average molecular weight is 351 g/mol. The van der Waals surface area contributed by atoms with Crippen LogP contribution in [0.3, 0.4) is 0 Å². The third kappa shape index (κ3) is 3.20. The summed E-state index contributed by atoms with van der Waals surface area (Å²) in [5.41, 5.74) is 3.08. The van der Waals surface area contributed by atoms with Gasteiger partial charge in [-0.2, -0.15) is 0 Å². The minimum absolute atomic E-state index is 0.220. The molecule has 1 aromatic heterocycles. The third-order valence-electron chi connectivity index (χ3n) is 4.20. The topological polar surface area (TPSA) is 68.7 Å². The summed E-state index contributed by atoms with van der Waals surface area (Å²) in [7, 11) is 1.58. The monoisotopic (exact) mass is 351 g/mol. The van der Waals surface area contributed by atoms with Crippen LogP contribution in [0.1, 0.15) is 29.3 Å². The molecule has 3 aromatic rings. The minimum Gasteiger partial charge on any atom is -0.493 e. The van der Waals surface area contributed by atoms with Crippen molar-refractivity contribution in [1.29, 1.82) is 0 Å². The van der Waals surface area contributed by atoms with Gasteiger partial charge in [-0.3, -0.25) is 0 Å². The van der Waals surface area contributed by atoms with Crippen molar-refractivity contribution in [2.75, 3.05) is 13.7 Å². The lowest BCUT2D eigenvalue weighted by atomic mass is 10.0. The van der Waals surface area contributed by atoms with Gasteiger partial charge in [0.1, 0.15) is 0 Å². The number of carbonyl (C=O) groups is 1. The molecule has 0 radical (unpaired) electrons. The number of ether oxygens (including phenoxy) is 2. The van der Waals surface area contributed by atoms with E-state index < -0.39 is 5.97 Å². The van der Waals surface area contributed by atoms with Gasteiger partial charge in [-0.05, 0) is 37.1 Å². The van der Waals surface area contributed by atoms with E-state index in [4.69, 9.17) is 14.5 Å². The highest BCUT2D eigenvalue weighted by atomic mass is 16.5. The molecule has 0 spiro atoms. The van der Waals surface area contributed by atoms with E-state index in [-0.39, 0.29) is 5.56 Å². The number of aromatic carboxylic acids is 1. The zero-order valence-corrected chi connectivity index (χ0v) is 15.1. The summed E-state index contributed by atoms with van der Waals surface area (Å²) in [6.45, 7) is 4.48. The number of methoxy groups -OCH3 is 1. The lowest BCUT2D eigenvalue weighted by molar-refractivity contribution is 0.0699. The summed E-state index contributed by atoms with van der Waals surface area (Å²) in [4.78, 5) is 16.5. The van der Waals surface area contributed by atoms with Gasteiger partial charge in [-0.15, -0.1) is 0 Å². The highest BCUT2D eigenvalue weighted by molar-refractivity contribution is 6.04. The number of hydrogen-bond acceptors (Lipinski definition) is 4. The number of rotatable bonds is 6. The second-order valence-electron chi connectivity index (χ2n) is 6.02. The molecule has 0 fully saturated rings. The van der Waals surface area contributed by atoms with Crippen molar-refractivity contribution in [2.45, 2.75) is 20.3 Å². The van der Waals surface area contributed by atoms with Crippen LogP contribution in [0.15, 0.2) is 42.5 Å². The fourth-order valence-corrected chi connectivity index (χ4v) is 2.94. The molecule has 0 bridgehead atoms. The molecule has 0 saturated carbocycles. The van der Waals surface area contributed by atoms with E-state index in [0.717, 1.165) is 12.0 Å². The number of fused-ring (bicyclic) bond motifs is 1. The molecule has 134 valence electrons. The maximum Gasteiger partial charge on any atom is 0.336 e. The summed E-state index contributed by atoms with van der Waals surface area (Å²) in [6, 6.07) is 12.7. The molecule has 5 nitrogen and oxygen atoms in total. The van der Waals surface area contributed by atoms with E-state index in [2.05, 4.69) is 0 Å². The number of nitrogens with zero attached hydrogens (tertiary/aromatic N) is 1. The SMILES string of the molecule is CCCOc1c(OC)cccc1-c1cc(C(=O)O)c2cccc(C)c2n1. The Bertz CT molecular complexity index is 966. The number of hydrogen-bond donors (Lipinski definition) is 1. The maximum absolute atomic E-state index is 11.8. The Balaban J connectivity index is 2.29. The minimum atomic E-state index is -0.983. The number of carboxylic acids is 1. The molecule has 0 atom stereocenters. The van der Waals surface area contributed by atoms with Gasteiger partial charge in [0.15, 0.2) is 11.5 Å². The van der Waals surface area contributed by atoms with Crippen molar-refractivity contribution in [2.24, 2.45) is 0 Å². The Kier molecular flexibility index (Phi) is 5.07. The summed E-state index contributed by atoms with van der Waals surface area (Å²) in [5.74, 6) is 0.191. The molecular formula is C21H21NO4. The zero-order chi connectivity index (χ0) is 18.7. The highest BCUT2D eigenvalue weighted by Crippen LogP contribution is 2.38. The van der Waals surface area contributed by atoms with E-state index in [1.54, 1.807) is 19.2 Å². The van der Waals surface area contributed by atoms with Gasteiger partial charge in [0, 0.05) is 10.9 Å². The predicted octanol–water partition coefficient (Wildman–Crippen LogP) is 4.71. The molecule has 0 saturated heterocycles. The number of carboxylic acid groups (broad SMARTS) is 1. The Morgan fingerprint density at radius 3 is 2.65 bits per heavy atom. The van der Waals surface area contributed by atoms with Crippen LogP contribution in [-0.4, -0.2) is 29.8 Å². The first-order chi connectivity index (χ1) is 12.6. The van der Waals surface area contributed by atoms with Crippen molar-refractivity contribution in [3.05, 3.63) is 53.6 Å². The molecule has 5 heteroatoms. The first kappa shape index (κ1) is 17.7. The molecule has 1 N–H and O–H groups in total. The smallest absolute Gasteiger partial charge is 0.336 e. The fraction of sp³-hybridized carbons (Fsp3) is 0.238. The van der Waals surface area contributed by atoms with Crippen molar-refractivity contribution >= 4 is 16.9 Å². The van der Waals surface area contributed by atoms with Crippen LogP contribution in [-0.2, 0) is 0 Å². The molecule has 0 amide bonds. The average Bonchev–Trinajstić information content (AvgIpc) is 2.65. The molecule has 1 heterocycles. The molecule has 0 aliphatic rings. The van der Waals surface area contributed by atoms with Gasteiger partial charge < -0.3 is 14.6 Å². The normalized spacial score (nSPS) is 10.7. The number of para-hydroxylation sites is 2. The van der Waals surface area contributed by atoms with Crippen LogP contribution in [0.4, 0.5) is 0 Å². The van der Waals surface area contributed by atoms with Crippen LogP contribution in [0.25, 0.3) is 22.2 Å². The second-order valence-corrected chi connectivity index (χ2v) is 6.02. The molecule has 2 aromatic carbocycles. The summed E-state index contributed by atoms with van der Waals surface area (Å²) >= 11 is 0. The summed E-state index contributed by atoms with van der Waals surface area (Å²) < 4.78 is 11.3. The molecule has 3 rings (SSSR count). The standard InChI is InChI=1S/C21H21NO4/c1-4-11-26-20-15(9-6-10-18(20)25-3)17-12-16(21(23)24)14-8-5-7-13(2)19(14)22-17/h5-10,12H,4,11H2,1-3H3,(H,23,24). The van der Waals surface area contributed by atoms with Gasteiger partial charge in [-0.1, -0.05) is 31.2 Å². The van der Waals surface area contributed by atoms with E-state index in [0.29, 0.717) is 40.3 Å². The summed E-state index contributed by atoms with van der Waals surface area (Å²) in [5, 5.41) is 10.3. The highest BCUT2D eigenvalue weighted by Gasteiger charge is 2.18. The van der Waals surface area contributed by atoms with E-state index in [1.165, 1.54) is 0 Å². The largest absolute Gasteiger partial charge is 0.493 e. The number of benzene rings is 2. The molecule has 26 heavy (non-hydrogen) atoms. The van der Waals surface area contributed by atoms with Gasteiger partial charge in [-0.25, -0.2) is 9.78 Å². The lowest BCUT2D eigenvalue weighted by Gasteiger charge is -2.15. The summed E-state index contributed by atoms with van der Waals surface area (Å²) in [6.07, 6.45) is 0.849. The molecule has 0 unspecified atom stereocenters. The van der Waals surface area contributed by atoms with Crippen molar-refractivity contribution in [3.63, 3.8) is 0 Å². The van der Waals surface area contributed by atoms with E-state index in [1.807, 2.05) is 44.2 Å². The number of pyridine rings is 1. The Morgan fingerprint density at radius 2 is 1.96 bits per heavy atom. The third-order valence-corrected chi connectivity index (χ3v) is 4.20. The van der Waals surface area contributed by atoms with Crippen LogP contribution in [0.5, 0.6) is 11.5 Å². The van der Waals surface area contributed by atoms with Gasteiger partial charge >= 0.3 is 5.97 Å². The quantitative estimate of drug-likeness (QED) is 0.697. The second kappa shape index (κ2) is 7.44.